The molecule has 10 nitrogen and oxygen atoms in total. The third kappa shape index (κ3) is 5.41. The highest BCUT2D eigenvalue weighted by Crippen LogP contribution is 2.34. The van der Waals surface area contributed by atoms with Crippen LogP contribution in [-0.2, 0) is 11.2 Å². The lowest BCUT2D eigenvalue weighted by atomic mass is 9.86. The van der Waals surface area contributed by atoms with Crippen LogP contribution in [-0.4, -0.2) is 62.2 Å². The highest BCUT2D eigenvalue weighted by Gasteiger charge is 2.30. The van der Waals surface area contributed by atoms with Crippen LogP contribution in [0.2, 0.25) is 5.02 Å². The first kappa shape index (κ1) is 27.7. The van der Waals surface area contributed by atoms with Crippen molar-refractivity contribution < 1.29 is 19.6 Å². The monoisotopic (exact) mass is 582 g/mol. The van der Waals surface area contributed by atoms with E-state index < -0.39 is 13.2 Å². The van der Waals surface area contributed by atoms with Gasteiger partial charge < -0.3 is 25.1 Å². The zero-order valence-electron chi connectivity index (χ0n) is 23.0. The first-order valence-corrected chi connectivity index (χ1v) is 13.9. The van der Waals surface area contributed by atoms with E-state index in [4.69, 9.17) is 21.3 Å². The number of aromatic nitrogens is 4. The molecule has 0 fully saturated rings. The Morgan fingerprint density at radius 1 is 1.10 bits per heavy atom. The van der Waals surface area contributed by atoms with E-state index in [-0.39, 0.29) is 12.3 Å². The minimum absolute atomic E-state index is 0.0783. The Morgan fingerprint density at radius 3 is 2.67 bits per heavy atom. The number of aliphatic imine (C=N–C) groups is 1. The molecule has 3 aromatic carbocycles. The van der Waals surface area contributed by atoms with Gasteiger partial charge in [0.15, 0.2) is 5.82 Å². The number of rotatable bonds is 8. The Labute approximate surface area is 247 Å². The molecule has 5 aromatic rings. The normalized spacial score (nSPS) is 14.1. The molecule has 212 valence electrons. The number of halogens is 1. The van der Waals surface area contributed by atoms with E-state index in [2.05, 4.69) is 20.5 Å². The SMILES string of the molecule is COc1ccc2c(c1)C(c1ccc(Cl)cc1)=NC(CC(=O)NCCc1ccc3[nH]c(B(O)O)cc3c1)c1nnc(C)n1-2. The molecule has 0 saturated carbocycles. The third-order valence-corrected chi connectivity index (χ3v) is 7.60. The lowest BCUT2D eigenvalue weighted by molar-refractivity contribution is -0.121. The van der Waals surface area contributed by atoms with Gasteiger partial charge in [0.25, 0.3) is 0 Å². The van der Waals surface area contributed by atoms with Crippen LogP contribution in [0.4, 0.5) is 0 Å². The lowest BCUT2D eigenvalue weighted by Crippen LogP contribution is -2.30. The van der Waals surface area contributed by atoms with Crippen LogP contribution in [0.25, 0.3) is 16.6 Å². The molecule has 1 aliphatic heterocycles. The smallest absolute Gasteiger partial charge is 0.497 e. The van der Waals surface area contributed by atoms with Crippen LogP contribution in [0.1, 0.15) is 40.8 Å². The van der Waals surface area contributed by atoms with Gasteiger partial charge in [-0.3, -0.25) is 14.4 Å². The number of nitrogens with one attached hydrogen (secondary N) is 2. The fraction of sp³-hybridized carbons (Fsp3) is 0.200. The molecule has 1 amide bonds. The van der Waals surface area contributed by atoms with E-state index in [1.165, 1.54) is 0 Å². The quantitative estimate of drug-likeness (QED) is 0.208. The van der Waals surface area contributed by atoms with Crippen LogP contribution >= 0.6 is 11.6 Å². The van der Waals surface area contributed by atoms with Crippen molar-refractivity contribution >= 4 is 46.8 Å². The molecule has 42 heavy (non-hydrogen) atoms. The van der Waals surface area contributed by atoms with Crippen LogP contribution in [0.15, 0.2) is 71.7 Å². The zero-order chi connectivity index (χ0) is 29.4. The molecule has 1 aliphatic rings. The summed E-state index contributed by atoms with van der Waals surface area (Å²) in [5, 5.41) is 32.1. The molecule has 4 N–H and O–H groups in total. The Hall–Kier alpha value is -4.45. The number of amides is 1. The summed E-state index contributed by atoms with van der Waals surface area (Å²) >= 11 is 6.18. The van der Waals surface area contributed by atoms with Crippen molar-refractivity contribution in [2.24, 2.45) is 4.99 Å². The first-order chi connectivity index (χ1) is 20.3. The molecule has 2 aromatic heterocycles. The fourth-order valence-electron chi connectivity index (χ4n) is 5.27. The highest BCUT2D eigenvalue weighted by atomic mass is 35.5. The van der Waals surface area contributed by atoms with E-state index in [9.17, 15) is 14.8 Å². The van der Waals surface area contributed by atoms with E-state index >= 15 is 0 Å². The predicted octanol–water partition coefficient (Wildman–Crippen LogP) is 3.04. The molecule has 3 heterocycles. The minimum atomic E-state index is -1.56. The summed E-state index contributed by atoms with van der Waals surface area (Å²) in [6, 6.07) is 20.1. The summed E-state index contributed by atoms with van der Waals surface area (Å²) in [7, 11) is 0.0594. The molecule has 6 rings (SSSR count). The highest BCUT2D eigenvalue weighted by molar-refractivity contribution is 6.58. The fourth-order valence-corrected chi connectivity index (χ4v) is 5.40. The van der Waals surface area contributed by atoms with Gasteiger partial charge in [-0.2, -0.15) is 0 Å². The lowest BCUT2D eigenvalue weighted by Gasteiger charge is -2.14. The number of ether oxygens (including phenoxy) is 1. The van der Waals surface area contributed by atoms with Crippen LogP contribution in [0, 0.1) is 6.92 Å². The van der Waals surface area contributed by atoms with Crippen LogP contribution in [0.5, 0.6) is 5.75 Å². The number of nitrogens with zero attached hydrogens (tertiary/aromatic N) is 4. The zero-order valence-corrected chi connectivity index (χ0v) is 23.8. The summed E-state index contributed by atoms with van der Waals surface area (Å²) < 4.78 is 7.47. The van der Waals surface area contributed by atoms with Crippen molar-refractivity contribution in [1.82, 2.24) is 25.1 Å². The second kappa shape index (κ2) is 11.4. The van der Waals surface area contributed by atoms with Crippen molar-refractivity contribution in [2.45, 2.75) is 25.8 Å². The number of hydrogen-bond acceptors (Lipinski definition) is 7. The largest absolute Gasteiger partial charge is 0.505 e. The van der Waals surface area contributed by atoms with E-state index in [1.54, 1.807) is 13.2 Å². The summed E-state index contributed by atoms with van der Waals surface area (Å²) in [4.78, 5) is 21.3. The Morgan fingerprint density at radius 2 is 1.90 bits per heavy atom. The molecule has 1 atom stereocenters. The molecule has 12 heteroatoms. The van der Waals surface area contributed by atoms with E-state index in [1.807, 2.05) is 72.2 Å². The number of benzene rings is 3. The van der Waals surface area contributed by atoms with E-state index in [0.29, 0.717) is 46.7 Å². The summed E-state index contributed by atoms with van der Waals surface area (Å²) in [6.45, 7) is 2.30. The standard InChI is InChI=1S/C30H28BClN6O4/c1-17-36-37-30-25(16-28(39)33-12-11-18-3-9-24-20(13-18)14-27(34-24)31(40)41)35-29(19-4-6-21(32)7-5-19)23-15-22(42-2)8-10-26(23)38(17)30/h3-10,13-15,25,34,40-41H,11-12,16H2,1-2H3,(H,33,39). The number of aromatic amines is 1. The van der Waals surface area contributed by atoms with Crippen molar-refractivity contribution in [2.75, 3.05) is 13.7 Å². The molecule has 0 spiro atoms. The molecule has 0 aliphatic carbocycles. The van der Waals surface area contributed by atoms with Gasteiger partial charge >= 0.3 is 7.12 Å². The summed E-state index contributed by atoms with van der Waals surface area (Å²) in [5.41, 5.74) is 5.40. The molecular formula is C30H28BClN6O4. The van der Waals surface area contributed by atoms with Crippen molar-refractivity contribution in [3.05, 3.63) is 100 Å². The van der Waals surface area contributed by atoms with Crippen molar-refractivity contribution in [3.63, 3.8) is 0 Å². The second-order valence-corrected chi connectivity index (χ2v) is 10.6. The Bertz CT molecular complexity index is 1810. The van der Waals surface area contributed by atoms with Crippen LogP contribution < -0.4 is 15.6 Å². The van der Waals surface area contributed by atoms with Gasteiger partial charge in [-0.15, -0.1) is 10.2 Å². The molecule has 0 radical (unpaired) electrons. The first-order valence-electron chi connectivity index (χ1n) is 13.5. The van der Waals surface area contributed by atoms with Gasteiger partial charge in [0.1, 0.15) is 17.6 Å². The van der Waals surface area contributed by atoms with Gasteiger partial charge in [-0.05, 0) is 72.8 Å². The topological polar surface area (TPSA) is 138 Å². The predicted molar refractivity (Wildman–Crippen MR) is 162 cm³/mol. The number of H-pyrrole nitrogens is 1. The number of aryl methyl sites for hydroxylation is 1. The van der Waals surface area contributed by atoms with Crippen molar-refractivity contribution in [3.8, 4) is 11.4 Å². The number of carbonyl (C=O) groups is 1. The third-order valence-electron chi connectivity index (χ3n) is 7.35. The van der Waals surface area contributed by atoms with E-state index in [0.717, 1.165) is 33.3 Å². The maximum absolute atomic E-state index is 13.2. The minimum Gasteiger partial charge on any atom is -0.497 e. The maximum Gasteiger partial charge on any atom is 0.505 e. The molecular weight excluding hydrogens is 555 g/mol. The number of fused-ring (bicyclic) bond motifs is 4. The molecule has 0 saturated heterocycles. The number of carbonyl (C=O) groups excluding carboxylic acids is 1. The average Bonchev–Trinajstić information content (AvgIpc) is 3.55. The van der Waals surface area contributed by atoms with Gasteiger partial charge in [0, 0.05) is 33.8 Å². The summed E-state index contributed by atoms with van der Waals surface area (Å²) in [6.07, 6.45) is 0.684. The second-order valence-electron chi connectivity index (χ2n) is 10.1. The molecule has 0 bridgehead atoms. The van der Waals surface area contributed by atoms with Crippen LogP contribution in [0.3, 0.4) is 0 Å². The summed E-state index contributed by atoms with van der Waals surface area (Å²) in [5.74, 6) is 1.79. The molecule has 1 unspecified atom stereocenters. The van der Waals surface area contributed by atoms with Crippen molar-refractivity contribution in [1.29, 1.82) is 0 Å². The average molecular weight is 583 g/mol. The Balaban J connectivity index is 1.26. The number of hydrogen-bond donors (Lipinski definition) is 4. The maximum atomic E-state index is 13.2. The van der Waals surface area contributed by atoms with Gasteiger partial charge in [-0.1, -0.05) is 29.8 Å². The van der Waals surface area contributed by atoms with Gasteiger partial charge in [-0.25, -0.2) is 0 Å². The van der Waals surface area contributed by atoms with Gasteiger partial charge in [0.2, 0.25) is 5.91 Å². The van der Waals surface area contributed by atoms with Gasteiger partial charge in [0.05, 0.1) is 24.9 Å². The number of methoxy groups -OCH3 is 1. The Kier molecular flexibility index (Phi) is 7.55.